The number of allylic oxidation sites excluding steroid dienone is 1. The highest BCUT2D eigenvalue weighted by atomic mass is 28.4. The van der Waals surface area contributed by atoms with Gasteiger partial charge in [0.1, 0.15) is 5.75 Å². The first-order valence-electron chi connectivity index (χ1n) is 15.4. The van der Waals surface area contributed by atoms with E-state index in [1.807, 2.05) is 6.07 Å². The van der Waals surface area contributed by atoms with E-state index < -0.39 is 8.32 Å². The molecule has 1 aromatic rings. The number of fused-ring (bicyclic) bond motifs is 2. The summed E-state index contributed by atoms with van der Waals surface area (Å²) in [5.74, 6) is 1.40. The molecule has 0 saturated carbocycles. The topological polar surface area (TPSA) is 54.0 Å². The van der Waals surface area contributed by atoms with Crippen LogP contribution in [0.4, 0.5) is 0 Å². The lowest BCUT2D eigenvalue weighted by Gasteiger charge is -2.43. The lowest BCUT2D eigenvalue weighted by molar-refractivity contribution is -0.190. The molecule has 0 spiro atoms. The van der Waals surface area contributed by atoms with Crippen molar-refractivity contribution >= 4 is 14.1 Å². The third kappa shape index (κ3) is 7.06. The molecule has 2 aliphatic carbocycles. The first kappa shape index (κ1) is 30.5. The second-order valence-corrected chi connectivity index (χ2v) is 18.1. The minimum absolute atomic E-state index is 0.0700. The summed E-state index contributed by atoms with van der Waals surface area (Å²) in [6.45, 7) is 14.5. The maximum absolute atomic E-state index is 13.6. The summed E-state index contributed by atoms with van der Waals surface area (Å²) in [7, 11) is -0.383. The second kappa shape index (κ2) is 13.0. The molecule has 39 heavy (non-hydrogen) atoms. The van der Waals surface area contributed by atoms with E-state index in [1.165, 1.54) is 29.5 Å². The van der Waals surface area contributed by atoms with Crippen molar-refractivity contribution in [2.75, 3.05) is 13.7 Å². The zero-order chi connectivity index (χ0) is 28.2. The lowest BCUT2D eigenvalue weighted by Crippen LogP contribution is -2.43. The lowest BCUT2D eigenvalue weighted by atomic mass is 9.78. The van der Waals surface area contributed by atoms with Crippen molar-refractivity contribution in [2.45, 2.75) is 135 Å². The quantitative estimate of drug-likeness (QED) is 0.191. The van der Waals surface area contributed by atoms with Gasteiger partial charge in [-0.2, -0.15) is 0 Å². The summed E-state index contributed by atoms with van der Waals surface area (Å²) in [4.78, 5) is 13.6. The van der Waals surface area contributed by atoms with Crippen molar-refractivity contribution in [3.05, 3.63) is 40.5 Å². The number of carbonyl (C=O) groups excluding carboxylic acids is 1. The number of rotatable bonds is 12. The number of Topliss-reactive ketones (excluding diaryl/α,β-unsaturated/α-hetero) is 1. The van der Waals surface area contributed by atoms with Crippen LogP contribution in [0.3, 0.4) is 0 Å². The third-order valence-corrected chi connectivity index (χ3v) is 13.9. The fraction of sp³-hybridized carbons (Fsp3) is 0.727. The van der Waals surface area contributed by atoms with Crippen LogP contribution in [0.1, 0.15) is 109 Å². The van der Waals surface area contributed by atoms with E-state index in [2.05, 4.69) is 52.9 Å². The summed E-state index contributed by atoms with van der Waals surface area (Å²) in [6.07, 6.45) is 10.7. The van der Waals surface area contributed by atoms with Crippen molar-refractivity contribution in [3.8, 4) is 5.75 Å². The molecule has 1 saturated heterocycles. The van der Waals surface area contributed by atoms with Crippen LogP contribution in [0.25, 0.3) is 0 Å². The Labute approximate surface area is 238 Å². The molecule has 0 N–H and O–H groups in total. The Bertz CT molecular complexity index is 1020. The van der Waals surface area contributed by atoms with Crippen molar-refractivity contribution in [1.82, 2.24) is 0 Å². The van der Waals surface area contributed by atoms with Gasteiger partial charge in [-0.3, -0.25) is 4.79 Å². The van der Waals surface area contributed by atoms with E-state index in [0.717, 1.165) is 69.3 Å². The van der Waals surface area contributed by atoms with Crippen molar-refractivity contribution < 1.29 is 23.4 Å². The molecule has 0 bridgehead atoms. The number of methoxy groups -OCH3 is 1. The fourth-order valence-corrected chi connectivity index (χ4v) is 7.39. The van der Waals surface area contributed by atoms with Crippen LogP contribution in [0.5, 0.6) is 5.75 Å². The number of hydrogen-bond donors (Lipinski definition) is 0. The van der Waals surface area contributed by atoms with Crippen LogP contribution >= 0.6 is 0 Å². The molecule has 1 heterocycles. The van der Waals surface area contributed by atoms with Crippen LogP contribution in [-0.4, -0.2) is 40.2 Å². The molecule has 0 radical (unpaired) electrons. The second-order valence-electron chi connectivity index (χ2n) is 13.3. The van der Waals surface area contributed by atoms with Gasteiger partial charge >= 0.3 is 0 Å². The predicted molar refractivity (Wildman–Crippen MR) is 160 cm³/mol. The minimum atomic E-state index is -2.12. The molecular weight excluding hydrogens is 504 g/mol. The highest BCUT2D eigenvalue weighted by Crippen LogP contribution is 2.52. The van der Waals surface area contributed by atoms with Gasteiger partial charge in [0.05, 0.1) is 19.3 Å². The molecule has 5 nitrogen and oxygen atoms in total. The maximum Gasteiger partial charge on any atom is 0.193 e. The number of hydrogen-bond acceptors (Lipinski definition) is 5. The zero-order valence-corrected chi connectivity index (χ0v) is 26.6. The van der Waals surface area contributed by atoms with E-state index in [1.54, 1.807) is 7.11 Å². The molecule has 218 valence electrons. The molecular formula is C33H52O5Si. The van der Waals surface area contributed by atoms with Gasteiger partial charge in [-0.1, -0.05) is 59.1 Å². The van der Waals surface area contributed by atoms with Crippen LogP contribution < -0.4 is 4.74 Å². The summed E-state index contributed by atoms with van der Waals surface area (Å²) >= 11 is 0. The molecule has 3 aliphatic rings. The summed E-state index contributed by atoms with van der Waals surface area (Å²) in [5.41, 5.74) is 4.64. The predicted octanol–water partition coefficient (Wildman–Crippen LogP) is 8.47. The van der Waals surface area contributed by atoms with Gasteiger partial charge < -0.3 is 18.6 Å². The van der Waals surface area contributed by atoms with E-state index in [4.69, 9.17) is 18.6 Å². The number of ether oxygens (including phenoxy) is 3. The molecule has 6 heteroatoms. The first-order chi connectivity index (χ1) is 18.6. The normalized spacial score (nSPS) is 24.5. The van der Waals surface area contributed by atoms with Gasteiger partial charge in [-0.05, 0) is 91.8 Å². The molecule has 4 rings (SSSR count). The number of unbranched alkanes of at least 4 members (excludes halogenated alkanes) is 2. The summed E-state index contributed by atoms with van der Waals surface area (Å²) in [5, 5.41) is 0.0700. The number of carbonyl (C=O) groups is 1. The highest BCUT2D eigenvalue weighted by Gasteiger charge is 2.47. The Hall–Kier alpha value is -1.47. The van der Waals surface area contributed by atoms with Gasteiger partial charge in [0.25, 0.3) is 0 Å². The fourth-order valence-electron chi connectivity index (χ4n) is 6.19. The molecule has 1 aliphatic heterocycles. The van der Waals surface area contributed by atoms with Crippen molar-refractivity contribution in [2.24, 2.45) is 5.92 Å². The van der Waals surface area contributed by atoms with E-state index >= 15 is 0 Å². The standard InChI is InChI=1S/C33H52O5Si/c1-8-9-10-14-24(37-30-17-11-12-20-36-30)18-19-26-28(34)22-23-21-27-25(15-13-16-29(27)35-5)32(31(23)26)38-39(6,7)33(2,3)4/h13,15-16,23-24,30,32H,8-12,14,17-22H2,1-7H3/t23?,24-,30?,32?/m0/s1. The van der Waals surface area contributed by atoms with E-state index in [9.17, 15) is 4.79 Å². The van der Waals surface area contributed by atoms with Crippen LogP contribution in [0.15, 0.2) is 29.3 Å². The first-order valence-corrected chi connectivity index (χ1v) is 18.3. The average Bonchev–Trinajstić information content (AvgIpc) is 3.21. The zero-order valence-electron chi connectivity index (χ0n) is 25.6. The summed E-state index contributed by atoms with van der Waals surface area (Å²) < 4.78 is 25.4. The molecule has 1 fully saturated rings. The Morgan fingerprint density at radius 2 is 1.90 bits per heavy atom. The number of ketones is 1. The molecule has 4 atom stereocenters. The van der Waals surface area contributed by atoms with Gasteiger partial charge in [0, 0.05) is 18.6 Å². The smallest absolute Gasteiger partial charge is 0.193 e. The Morgan fingerprint density at radius 3 is 2.56 bits per heavy atom. The summed E-state index contributed by atoms with van der Waals surface area (Å²) in [6, 6.07) is 6.30. The average molecular weight is 557 g/mol. The van der Waals surface area contributed by atoms with Gasteiger partial charge in [0.2, 0.25) is 0 Å². The maximum atomic E-state index is 13.6. The molecule has 0 amide bonds. The monoisotopic (exact) mass is 556 g/mol. The molecule has 1 aromatic carbocycles. The van der Waals surface area contributed by atoms with Crippen molar-refractivity contribution in [1.29, 1.82) is 0 Å². The Kier molecular flexibility index (Phi) is 10.2. The minimum Gasteiger partial charge on any atom is -0.496 e. The van der Waals surface area contributed by atoms with Crippen LogP contribution in [0, 0.1) is 5.92 Å². The number of benzene rings is 1. The van der Waals surface area contributed by atoms with Crippen LogP contribution in [0.2, 0.25) is 18.1 Å². The van der Waals surface area contributed by atoms with Gasteiger partial charge in [0.15, 0.2) is 20.4 Å². The van der Waals surface area contributed by atoms with E-state index in [0.29, 0.717) is 12.2 Å². The highest BCUT2D eigenvalue weighted by molar-refractivity contribution is 6.74. The van der Waals surface area contributed by atoms with E-state index in [-0.39, 0.29) is 29.5 Å². The molecule has 0 aromatic heterocycles. The molecule has 3 unspecified atom stereocenters. The van der Waals surface area contributed by atoms with Crippen molar-refractivity contribution in [3.63, 3.8) is 0 Å². The Morgan fingerprint density at radius 1 is 1.10 bits per heavy atom. The van der Waals surface area contributed by atoms with Gasteiger partial charge in [-0.15, -0.1) is 0 Å². The largest absolute Gasteiger partial charge is 0.496 e. The van der Waals surface area contributed by atoms with Crippen LogP contribution in [-0.2, 0) is 25.1 Å². The Balaban J connectivity index is 1.64. The van der Waals surface area contributed by atoms with Gasteiger partial charge in [-0.25, -0.2) is 0 Å². The SMILES string of the molecule is CCCCC[C@@H](CCC1=C2C(CC1=O)Cc1c(OC)cccc1C2O[Si](C)(C)C(C)(C)C)OC1CCCCO1. The third-order valence-electron chi connectivity index (χ3n) is 9.51.